The molecular formula is C13H18N2O5. The average molecular weight is 282 g/mol. The molecule has 1 rings (SSSR count). The van der Waals surface area contributed by atoms with Gasteiger partial charge in [0.25, 0.3) is 5.09 Å². The van der Waals surface area contributed by atoms with Crippen molar-refractivity contribution in [3.63, 3.8) is 0 Å². The second-order valence-corrected chi connectivity index (χ2v) is 4.29. The maximum atomic E-state index is 11.6. The third kappa shape index (κ3) is 5.66. The minimum Gasteiger partial charge on any atom is -0.465 e. The summed E-state index contributed by atoms with van der Waals surface area (Å²) in [6, 6.07) is 5.41. The molecule has 0 bridgehead atoms. The number of nitrogens with zero attached hydrogens (tertiary/aromatic N) is 1. The Labute approximate surface area is 116 Å². The molecule has 1 aromatic rings. The fourth-order valence-electron chi connectivity index (χ4n) is 1.53. The predicted molar refractivity (Wildman–Crippen MR) is 71.6 cm³/mol. The number of carbonyl (C=O) groups is 1. The van der Waals surface area contributed by atoms with E-state index in [9.17, 15) is 14.9 Å². The van der Waals surface area contributed by atoms with Gasteiger partial charge in [-0.3, -0.25) is 9.63 Å². The topological polar surface area (TPSA) is 105 Å². The van der Waals surface area contributed by atoms with Crippen molar-refractivity contribution in [2.75, 3.05) is 6.61 Å². The van der Waals surface area contributed by atoms with E-state index in [-0.39, 0.29) is 5.75 Å². The van der Waals surface area contributed by atoms with Gasteiger partial charge in [0.15, 0.2) is 0 Å². The number of benzene rings is 1. The molecule has 1 atom stereocenters. The highest BCUT2D eigenvalue weighted by Crippen LogP contribution is 2.13. The Morgan fingerprint density at radius 2 is 2.05 bits per heavy atom. The summed E-state index contributed by atoms with van der Waals surface area (Å²) in [4.78, 5) is 26.0. The lowest BCUT2D eigenvalue weighted by molar-refractivity contribution is -0.711. The molecule has 0 spiro atoms. The van der Waals surface area contributed by atoms with Crippen molar-refractivity contribution in [1.82, 2.24) is 0 Å². The van der Waals surface area contributed by atoms with E-state index < -0.39 is 17.1 Å². The molecule has 0 aromatic heterocycles. The van der Waals surface area contributed by atoms with Crippen molar-refractivity contribution >= 4 is 5.97 Å². The van der Waals surface area contributed by atoms with Crippen LogP contribution in [-0.4, -0.2) is 23.7 Å². The highest BCUT2D eigenvalue weighted by Gasteiger charge is 2.15. The van der Waals surface area contributed by atoms with Crippen molar-refractivity contribution < 1.29 is 19.5 Å². The molecule has 0 aliphatic heterocycles. The van der Waals surface area contributed by atoms with Crippen LogP contribution in [0.15, 0.2) is 24.3 Å². The SMILES string of the molecule is CCCCOC(=O)C(N)Cc1ccc(O[N+](=O)[O-])cc1. The molecule has 7 nitrogen and oxygen atoms in total. The zero-order valence-electron chi connectivity index (χ0n) is 11.3. The Bertz CT molecular complexity index is 447. The van der Waals surface area contributed by atoms with E-state index in [1.807, 2.05) is 6.92 Å². The fraction of sp³-hybridized carbons (Fsp3) is 0.462. The molecule has 1 unspecified atom stereocenters. The van der Waals surface area contributed by atoms with Gasteiger partial charge in [0.2, 0.25) is 0 Å². The molecule has 0 amide bonds. The number of rotatable bonds is 8. The van der Waals surface area contributed by atoms with Crippen molar-refractivity contribution in [2.45, 2.75) is 32.2 Å². The first-order valence-corrected chi connectivity index (χ1v) is 6.36. The average Bonchev–Trinajstić information content (AvgIpc) is 2.40. The predicted octanol–water partition coefficient (Wildman–Crippen LogP) is 1.47. The number of ether oxygens (including phenoxy) is 1. The van der Waals surface area contributed by atoms with Crippen LogP contribution in [0.25, 0.3) is 0 Å². The summed E-state index contributed by atoms with van der Waals surface area (Å²) in [6.07, 6.45) is 2.06. The van der Waals surface area contributed by atoms with Crippen LogP contribution in [0.3, 0.4) is 0 Å². The van der Waals surface area contributed by atoms with Crippen molar-refractivity contribution in [2.24, 2.45) is 5.73 Å². The van der Waals surface area contributed by atoms with Gasteiger partial charge in [-0.2, -0.15) is 0 Å². The monoisotopic (exact) mass is 282 g/mol. The lowest BCUT2D eigenvalue weighted by Crippen LogP contribution is -2.34. The van der Waals surface area contributed by atoms with Gasteiger partial charge >= 0.3 is 5.97 Å². The number of nitrogens with two attached hydrogens (primary N) is 1. The molecule has 0 heterocycles. The Kier molecular flexibility index (Phi) is 6.45. The van der Waals surface area contributed by atoms with Crippen LogP contribution < -0.4 is 10.6 Å². The Balaban J connectivity index is 2.47. The smallest absolute Gasteiger partial charge is 0.323 e. The van der Waals surface area contributed by atoms with E-state index in [1.54, 1.807) is 12.1 Å². The third-order valence-corrected chi connectivity index (χ3v) is 2.60. The molecular weight excluding hydrogens is 264 g/mol. The summed E-state index contributed by atoms with van der Waals surface area (Å²) in [5.41, 5.74) is 6.51. The molecule has 20 heavy (non-hydrogen) atoms. The van der Waals surface area contributed by atoms with Crippen molar-refractivity contribution in [1.29, 1.82) is 0 Å². The Morgan fingerprint density at radius 3 is 2.60 bits per heavy atom. The molecule has 7 heteroatoms. The molecule has 0 radical (unpaired) electrons. The number of unbranched alkanes of at least 4 members (excludes halogenated alkanes) is 1. The van der Waals surface area contributed by atoms with Gasteiger partial charge in [-0.05, 0) is 30.5 Å². The van der Waals surface area contributed by atoms with Gasteiger partial charge in [0, 0.05) is 0 Å². The number of hydrogen-bond acceptors (Lipinski definition) is 6. The molecule has 0 saturated carbocycles. The van der Waals surface area contributed by atoms with E-state index in [4.69, 9.17) is 10.5 Å². The van der Waals surface area contributed by atoms with E-state index in [2.05, 4.69) is 4.84 Å². The quantitative estimate of drug-likeness (QED) is 0.335. The summed E-state index contributed by atoms with van der Waals surface area (Å²) in [7, 11) is 0. The summed E-state index contributed by atoms with van der Waals surface area (Å²) < 4.78 is 5.01. The number of carbonyl (C=O) groups excluding carboxylic acids is 1. The largest absolute Gasteiger partial charge is 0.465 e. The van der Waals surface area contributed by atoms with Crippen LogP contribution in [0.5, 0.6) is 5.75 Å². The molecule has 0 aliphatic carbocycles. The standard InChI is InChI=1S/C13H18N2O5/c1-2-3-8-19-13(16)12(14)9-10-4-6-11(7-5-10)20-15(17)18/h4-7,12H,2-3,8-9,14H2,1H3. The van der Waals surface area contributed by atoms with E-state index in [0.717, 1.165) is 18.4 Å². The van der Waals surface area contributed by atoms with Crippen LogP contribution in [0, 0.1) is 10.1 Å². The van der Waals surface area contributed by atoms with Crippen LogP contribution in [0.4, 0.5) is 0 Å². The lowest BCUT2D eigenvalue weighted by atomic mass is 10.1. The van der Waals surface area contributed by atoms with Gasteiger partial charge in [-0.15, -0.1) is 10.1 Å². The van der Waals surface area contributed by atoms with Crippen molar-refractivity contribution in [3.8, 4) is 5.75 Å². The highest BCUT2D eigenvalue weighted by atomic mass is 17.0. The van der Waals surface area contributed by atoms with Crippen LogP contribution in [0.1, 0.15) is 25.3 Å². The van der Waals surface area contributed by atoms with E-state index in [0.29, 0.717) is 13.0 Å². The van der Waals surface area contributed by atoms with Gasteiger partial charge in [-0.1, -0.05) is 25.5 Å². The van der Waals surface area contributed by atoms with Crippen LogP contribution in [0.2, 0.25) is 0 Å². The zero-order chi connectivity index (χ0) is 15.0. The minimum absolute atomic E-state index is 0.123. The second kappa shape index (κ2) is 8.11. The van der Waals surface area contributed by atoms with E-state index in [1.165, 1.54) is 12.1 Å². The lowest BCUT2D eigenvalue weighted by Gasteiger charge is -2.11. The molecule has 1 aromatic carbocycles. The molecule has 0 aliphatic rings. The molecule has 110 valence electrons. The normalized spacial score (nSPS) is 11.7. The summed E-state index contributed by atoms with van der Waals surface area (Å²) >= 11 is 0. The Morgan fingerprint density at radius 1 is 1.40 bits per heavy atom. The van der Waals surface area contributed by atoms with Crippen molar-refractivity contribution in [3.05, 3.63) is 39.9 Å². The summed E-state index contributed by atoms with van der Waals surface area (Å²) in [5.74, 6) is -0.318. The molecule has 0 fully saturated rings. The third-order valence-electron chi connectivity index (χ3n) is 2.60. The van der Waals surface area contributed by atoms with Crippen LogP contribution >= 0.6 is 0 Å². The van der Waals surface area contributed by atoms with E-state index >= 15 is 0 Å². The first kappa shape index (κ1) is 15.9. The fourth-order valence-corrected chi connectivity index (χ4v) is 1.53. The first-order chi connectivity index (χ1) is 9.52. The first-order valence-electron chi connectivity index (χ1n) is 6.36. The molecule has 2 N–H and O–H groups in total. The number of esters is 1. The maximum absolute atomic E-state index is 11.6. The Hall–Kier alpha value is -2.15. The number of hydrogen-bond donors (Lipinski definition) is 1. The maximum Gasteiger partial charge on any atom is 0.323 e. The van der Waals surface area contributed by atoms with Gasteiger partial charge in [-0.25, -0.2) is 0 Å². The molecule has 0 saturated heterocycles. The van der Waals surface area contributed by atoms with Gasteiger partial charge in [0.1, 0.15) is 11.8 Å². The second-order valence-electron chi connectivity index (χ2n) is 4.29. The van der Waals surface area contributed by atoms with Gasteiger partial charge < -0.3 is 10.5 Å². The highest BCUT2D eigenvalue weighted by molar-refractivity contribution is 5.75. The summed E-state index contributed by atoms with van der Waals surface area (Å²) in [6.45, 7) is 2.38. The zero-order valence-corrected chi connectivity index (χ0v) is 11.3. The van der Waals surface area contributed by atoms with Gasteiger partial charge in [0.05, 0.1) is 6.61 Å². The summed E-state index contributed by atoms with van der Waals surface area (Å²) in [5, 5.41) is 9.26. The minimum atomic E-state index is -0.883. The van der Waals surface area contributed by atoms with Crippen LogP contribution in [-0.2, 0) is 16.0 Å².